The number of nitrogens with two attached hydrogens (primary N) is 1. The van der Waals surface area contributed by atoms with Gasteiger partial charge in [-0.1, -0.05) is 35.9 Å². The van der Waals surface area contributed by atoms with Gasteiger partial charge in [-0.05, 0) is 24.6 Å². The molecule has 1 aliphatic heterocycles. The predicted molar refractivity (Wildman–Crippen MR) is 126 cm³/mol. The second kappa shape index (κ2) is 10.4. The number of carbonyl (C=O) groups excluding carboxylic acids is 1. The van der Waals surface area contributed by atoms with Crippen LogP contribution in [0.15, 0.2) is 65.5 Å². The molecule has 0 spiro atoms. The largest absolute Gasteiger partial charge is 0.496 e. The molecule has 0 fully saturated rings. The van der Waals surface area contributed by atoms with Crippen molar-refractivity contribution in [2.45, 2.75) is 19.4 Å². The van der Waals surface area contributed by atoms with Gasteiger partial charge in [0.15, 0.2) is 5.82 Å². The minimum atomic E-state index is -1.12. The summed E-state index contributed by atoms with van der Waals surface area (Å²) in [5.41, 5.74) is 7.40. The Morgan fingerprint density at radius 1 is 1.29 bits per heavy atom. The van der Waals surface area contributed by atoms with Crippen molar-refractivity contribution < 1.29 is 19.2 Å². The molecule has 34 heavy (non-hydrogen) atoms. The van der Waals surface area contributed by atoms with Crippen LogP contribution in [0, 0.1) is 10.1 Å². The lowest BCUT2D eigenvalue weighted by molar-refractivity contribution is -0.433. The summed E-state index contributed by atoms with van der Waals surface area (Å²) in [5, 5.41) is 12.9. The Hall–Kier alpha value is -3.79. The lowest BCUT2D eigenvalue weighted by atomic mass is 9.84. The number of carbonyl (C=O) groups is 1. The van der Waals surface area contributed by atoms with E-state index < -0.39 is 16.8 Å². The molecule has 0 amide bonds. The Morgan fingerprint density at radius 3 is 2.56 bits per heavy atom. The quantitative estimate of drug-likeness (QED) is 0.259. The van der Waals surface area contributed by atoms with Crippen molar-refractivity contribution >= 4 is 17.6 Å². The number of para-hydroxylation sites is 1. The highest BCUT2D eigenvalue weighted by molar-refractivity contribution is 6.29. The van der Waals surface area contributed by atoms with Gasteiger partial charge in [0, 0.05) is 31.9 Å². The van der Waals surface area contributed by atoms with Crippen LogP contribution < -0.4 is 10.5 Å². The first-order valence-electron chi connectivity index (χ1n) is 10.4. The summed E-state index contributed by atoms with van der Waals surface area (Å²) in [7, 11) is 4.25. The number of rotatable bonds is 8. The minimum absolute atomic E-state index is 0.0332. The molecule has 180 valence electrons. The number of methoxy groups -OCH3 is 2. The first-order valence-corrected chi connectivity index (χ1v) is 10.8. The third-order valence-electron chi connectivity index (χ3n) is 5.64. The van der Waals surface area contributed by atoms with E-state index in [2.05, 4.69) is 4.98 Å². The van der Waals surface area contributed by atoms with Crippen LogP contribution in [0.25, 0.3) is 0 Å². The Kier molecular flexibility index (Phi) is 7.62. The number of aromatic nitrogens is 1. The molecule has 2 aromatic rings. The Morgan fingerprint density at radius 2 is 2.00 bits per heavy atom. The van der Waals surface area contributed by atoms with Crippen LogP contribution in [0.2, 0.25) is 5.15 Å². The summed E-state index contributed by atoms with van der Waals surface area (Å²) >= 11 is 5.90. The second-order valence-corrected chi connectivity index (χ2v) is 7.88. The molecule has 0 bridgehead atoms. The van der Waals surface area contributed by atoms with Crippen LogP contribution in [0.1, 0.15) is 24.0 Å². The monoisotopic (exact) mass is 487 g/mol. The molecule has 11 heteroatoms. The molecule has 0 saturated heterocycles. The minimum Gasteiger partial charge on any atom is -0.496 e. The number of pyridine rings is 1. The molecule has 0 aliphatic carbocycles. The maximum atomic E-state index is 12.8. The summed E-state index contributed by atoms with van der Waals surface area (Å²) in [6, 6.07) is 10.3. The van der Waals surface area contributed by atoms with E-state index >= 15 is 0 Å². The Balaban J connectivity index is 2.28. The van der Waals surface area contributed by atoms with Gasteiger partial charge in [0.25, 0.3) is 5.70 Å². The van der Waals surface area contributed by atoms with Gasteiger partial charge in [-0.3, -0.25) is 10.1 Å². The first-order chi connectivity index (χ1) is 16.2. The molecular weight excluding hydrogens is 462 g/mol. The van der Waals surface area contributed by atoms with E-state index in [-0.39, 0.29) is 22.9 Å². The normalized spacial score (nSPS) is 15.9. The molecule has 2 N–H and O–H groups in total. The number of halogens is 1. The van der Waals surface area contributed by atoms with Gasteiger partial charge < -0.3 is 25.0 Å². The summed E-state index contributed by atoms with van der Waals surface area (Å²) < 4.78 is 10.4. The van der Waals surface area contributed by atoms with Gasteiger partial charge in [0.05, 0.1) is 24.7 Å². The van der Waals surface area contributed by atoms with Crippen LogP contribution in [0.4, 0.5) is 0 Å². The van der Waals surface area contributed by atoms with E-state index in [0.717, 1.165) is 5.56 Å². The molecular formula is C23H26ClN5O5. The highest BCUT2D eigenvalue weighted by Gasteiger charge is 2.47. The fraction of sp³-hybridized carbons (Fsp3) is 0.304. The van der Waals surface area contributed by atoms with Crippen LogP contribution in [-0.4, -0.2) is 53.5 Å². The van der Waals surface area contributed by atoms with Gasteiger partial charge >= 0.3 is 5.97 Å². The van der Waals surface area contributed by atoms with E-state index in [9.17, 15) is 14.9 Å². The molecule has 3 rings (SSSR count). The lowest BCUT2D eigenvalue weighted by Crippen LogP contribution is -2.43. The van der Waals surface area contributed by atoms with E-state index in [0.29, 0.717) is 29.6 Å². The van der Waals surface area contributed by atoms with Crippen LogP contribution in [0.5, 0.6) is 5.75 Å². The van der Waals surface area contributed by atoms with E-state index in [1.54, 1.807) is 54.5 Å². The number of nitro groups is 1. The number of allylic oxidation sites excluding steroid dienone is 1. The topological polar surface area (TPSA) is 124 Å². The Labute approximate surface area is 202 Å². The zero-order valence-electron chi connectivity index (χ0n) is 19.3. The first kappa shape index (κ1) is 24.8. The Bertz CT molecular complexity index is 1150. The predicted octanol–water partition coefficient (Wildman–Crippen LogP) is 3.08. The van der Waals surface area contributed by atoms with Crippen molar-refractivity contribution in [3.63, 3.8) is 0 Å². The molecule has 2 heterocycles. The zero-order chi connectivity index (χ0) is 25.0. The summed E-state index contributed by atoms with van der Waals surface area (Å²) in [5.74, 6) is -1.19. The van der Waals surface area contributed by atoms with Crippen molar-refractivity contribution in [3.8, 4) is 5.75 Å². The molecule has 1 unspecified atom stereocenters. The van der Waals surface area contributed by atoms with Crippen molar-refractivity contribution in [1.29, 1.82) is 0 Å². The van der Waals surface area contributed by atoms with Gasteiger partial charge in [-0.15, -0.1) is 0 Å². The fourth-order valence-electron chi connectivity index (χ4n) is 4.04. The number of benzene rings is 1. The second-order valence-electron chi connectivity index (χ2n) is 7.49. The molecule has 10 nitrogen and oxygen atoms in total. The highest BCUT2D eigenvalue weighted by Crippen LogP contribution is 2.44. The number of esters is 1. The molecule has 1 atom stereocenters. The van der Waals surface area contributed by atoms with Gasteiger partial charge in [-0.2, -0.15) is 0 Å². The van der Waals surface area contributed by atoms with E-state index in [4.69, 9.17) is 26.8 Å². The molecule has 1 aromatic heterocycles. The molecule has 0 radical (unpaired) electrons. The van der Waals surface area contributed by atoms with Crippen molar-refractivity contribution in [2.24, 2.45) is 5.73 Å². The highest BCUT2D eigenvalue weighted by atomic mass is 35.5. The SMILES string of the molecule is CCN(Cc1ccc(Cl)nc1)C1=C([N+](=O)[O-])C(c2ccccc2OC)C(C(=O)OC)=C(N)N1C. The lowest BCUT2D eigenvalue weighted by Gasteiger charge is -2.38. The van der Waals surface area contributed by atoms with Crippen molar-refractivity contribution in [2.75, 3.05) is 27.8 Å². The molecule has 0 saturated carbocycles. The molecule has 1 aromatic carbocycles. The number of nitrogens with zero attached hydrogens (tertiary/aromatic N) is 4. The smallest absolute Gasteiger partial charge is 0.338 e. The van der Waals surface area contributed by atoms with Crippen molar-refractivity contribution in [3.05, 3.63) is 91.9 Å². The number of hydrogen-bond donors (Lipinski definition) is 1. The number of hydrogen-bond acceptors (Lipinski definition) is 9. The summed E-state index contributed by atoms with van der Waals surface area (Å²) in [4.78, 5) is 32.3. The van der Waals surface area contributed by atoms with Gasteiger partial charge in [0.2, 0.25) is 0 Å². The summed E-state index contributed by atoms with van der Waals surface area (Å²) in [6.45, 7) is 2.59. The maximum Gasteiger partial charge on any atom is 0.338 e. The standard InChI is InChI=1S/C23H26ClN5O5/c1-5-28(13-14-10-11-17(24)26-12-14)22-20(29(31)32)18(15-8-6-7-9-16(15)33-3)19(23(30)34-4)21(25)27(22)2/h6-12,18H,5,13,25H2,1-4H3. The summed E-state index contributed by atoms with van der Waals surface area (Å²) in [6.07, 6.45) is 1.61. The zero-order valence-corrected chi connectivity index (χ0v) is 20.1. The van der Waals surface area contributed by atoms with Gasteiger partial charge in [-0.25, -0.2) is 9.78 Å². The van der Waals surface area contributed by atoms with Crippen LogP contribution >= 0.6 is 11.6 Å². The van der Waals surface area contributed by atoms with Crippen LogP contribution in [-0.2, 0) is 16.1 Å². The van der Waals surface area contributed by atoms with E-state index in [1.807, 2.05) is 6.92 Å². The molecule has 1 aliphatic rings. The maximum absolute atomic E-state index is 12.8. The fourth-order valence-corrected chi connectivity index (χ4v) is 4.15. The number of ether oxygens (including phenoxy) is 2. The third-order valence-corrected chi connectivity index (χ3v) is 5.87. The van der Waals surface area contributed by atoms with Crippen molar-refractivity contribution in [1.82, 2.24) is 14.8 Å². The van der Waals surface area contributed by atoms with Gasteiger partial charge in [0.1, 0.15) is 22.6 Å². The van der Waals surface area contributed by atoms with Crippen LogP contribution in [0.3, 0.4) is 0 Å². The third kappa shape index (κ3) is 4.62. The average molecular weight is 488 g/mol. The average Bonchev–Trinajstić information content (AvgIpc) is 2.84. The van der Waals surface area contributed by atoms with E-state index in [1.165, 1.54) is 19.1 Å².